The minimum atomic E-state index is -0.890. The molecular formula is C34H28N2O8. The first kappa shape index (κ1) is 29.6. The number of ether oxygens (including phenoxy) is 4. The van der Waals surface area contributed by atoms with Crippen LogP contribution in [0.3, 0.4) is 0 Å². The Hall–Kier alpha value is -5.90. The van der Waals surface area contributed by atoms with E-state index in [4.69, 9.17) is 14.2 Å². The van der Waals surface area contributed by atoms with Gasteiger partial charge in [-0.15, -0.1) is 0 Å². The highest BCUT2D eigenvalue weighted by Crippen LogP contribution is 2.30. The molecule has 1 saturated heterocycles. The summed E-state index contributed by atoms with van der Waals surface area (Å²) >= 11 is 0. The third kappa shape index (κ3) is 6.76. The van der Waals surface area contributed by atoms with Crippen molar-refractivity contribution in [2.24, 2.45) is 0 Å². The molecule has 0 spiro atoms. The van der Waals surface area contributed by atoms with E-state index in [1.54, 1.807) is 31.4 Å². The second-order valence-corrected chi connectivity index (χ2v) is 9.61. The third-order valence-corrected chi connectivity index (χ3v) is 6.71. The Bertz CT molecular complexity index is 1710. The van der Waals surface area contributed by atoms with E-state index in [9.17, 15) is 19.2 Å². The van der Waals surface area contributed by atoms with E-state index in [-0.39, 0.29) is 23.4 Å². The summed E-state index contributed by atoms with van der Waals surface area (Å²) < 4.78 is 22.0. The summed E-state index contributed by atoms with van der Waals surface area (Å²) in [4.78, 5) is 50.8. The summed E-state index contributed by atoms with van der Waals surface area (Å²) in [6.45, 7) is 0.684. The Labute approximate surface area is 253 Å². The van der Waals surface area contributed by atoms with Crippen molar-refractivity contribution in [3.63, 3.8) is 0 Å². The molecule has 1 N–H and O–H groups in total. The van der Waals surface area contributed by atoms with Crippen molar-refractivity contribution < 1.29 is 38.1 Å². The number of esters is 1. The Morgan fingerprint density at radius 3 is 2.16 bits per heavy atom. The van der Waals surface area contributed by atoms with Crippen LogP contribution in [0.25, 0.3) is 6.08 Å². The quantitative estimate of drug-likeness (QED) is 0.150. The first-order valence-corrected chi connectivity index (χ1v) is 13.5. The van der Waals surface area contributed by atoms with Crippen LogP contribution in [-0.4, -0.2) is 38.0 Å². The molecule has 4 aromatic rings. The summed E-state index contributed by atoms with van der Waals surface area (Å²) in [6.07, 6.45) is 1.39. The number of benzene rings is 4. The van der Waals surface area contributed by atoms with E-state index in [0.717, 1.165) is 16.0 Å². The number of carbonyl (C=O) groups excluding carboxylic acids is 4. The molecule has 0 atom stereocenters. The van der Waals surface area contributed by atoms with Gasteiger partial charge in [0.05, 0.1) is 25.5 Å². The maximum atomic E-state index is 13.2. The number of urea groups is 1. The van der Waals surface area contributed by atoms with Crippen LogP contribution in [0.2, 0.25) is 0 Å². The zero-order valence-electron chi connectivity index (χ0n) is 23.9. The largest absolute Gasteiger partial charge is 0.493 e. The van der Waals surface area contributed by atoms with Crippen molar-refractivity contribution in [3.8, 4) is 17.2 Å². The molecule has 0 radical (unpaired) electrons. The monoisotopic (exact) mass is 592 g/mol. The van der Waals surface area contributed by atoms with Crippen LogP contribution in [0.1, 0.15) is 27.0 Å². The number of carbonyl (C=O) groups is 4. The fourth-order valence-electron chi connectivity index (χ4n) is 4.41. The molecule has 4 amide bonds. The third-order valence-electron chi connectivity index (χ3n) is 6.71. The Morgan fingerprint density at radius 2 is 1.48 bits per heavy atom. The van der Waals surface area contributed by atoms with Crippen molar-refractivity contribution in [3.05, 3.63) is 125 Å². The van der Waals surface area contributed by atoms with Crippen LogP contribution in [-0.2, 0) is 27.5 Å². The van der Waals surface area contributed by atoms with Gasteiger partial charge in [0.2, 0.25) is 0 Å². The van der Waals surface area contributed by atoms with E-state index in [1.807, 2.05) is 48.5 Å². The number of nitrogens with one attached hydrogen (secondary N) is 1. The molecule has 10 heteroatoms. The van der Waals surface area contributed by atoms with Crippen LogP contribution < -0.4 is 24.4 Å². The van der Waals surface area contributed by atoms with Crippen LogP contribution in [0, 0.1) is 0 Å². The van der Waals surface area contributed by atoms with Gasteiger partial charge in [0.1, 0.15) is 24.5 Å². The molecule has 0 bridgehead atoms. The second-order valence-electron chi connectivity index (χ2n) is 9.61. The molecule has 0 saturated carbocycles. The fraction of sp³-hybridized carbons (Fsp3) is 0.118. The fourth-order valence-corrected chi connectivity index (χ4v) is 4.41. The molecule has 4 aromatic carbocycles. The highest BCUT2D eigenvalue weighted by Gasteiger charge is 2.36. The van der Waals surface area contributed by atoms with Crippen LogP contribution in [0.15, 0.2) is 103 Å². The number of anilines is 1. The number of barbiturate groups is 1. The lowest BCUT2D eigenvalue weighted by Crippen LogP contribution is -2.54. The standard InChI is InChI=1S/C34H28N2O8/c1-41-30-19-24(10-17-29(30)44-20-23-6-4-3-5-7-23)21-43-27-15-8-22(9-16-27)18-28-31(37)35-34(40)36(32(28)38)26-13-11-25(12-14-26)33(39)42-2/h3-19H,20-21H2,1-2H3,(H,35,37,40)/b28-18-. The van der Waals surface area contributed by atoms with Gasteiger partial charge >= 0.3 is 12.0 Å². The molecule has 0 unspecified atom stereocenters. The molecular weight excluding hydrogens is 564 g/mol. The number of hydrogen-bond donors (Lipinski definition) is 1. The molecule has 222 valence electrons. The van der Waals surface area contributed by atoms with E-state index in [2.05, 4.69) is 10.1 Å². The Kier molecular flexibility index (Phi) is 9.00. The van der Waals surface area contributed by atoms with Gasteiger partial charge in [-0.25, -0.2) is 14.5 Å². The Morgan fingerprint density at radius 1 is 0.773 bits per heavy atom. The molecule has 0 aromatic heterocycles. The first-order chi connectivity index (χ1) is 21.4. The van der Waals surface area contributed by atoms with Gasteiger partial charge in [-0.3, -0.25) is 14.9 Å². The van der Waals surface area contributed by atoms with Crippen LogP contribution in [0.4, 0.5) is 10.5 Å². The zero-order chi connectivity index (χ0) is 31.1. The first-order valence-electron chi connectivity index (χ1n) is 13.5. The topological polar surface area (TPSA) is 120 Å². The highest BCUT2D eigenvalue weighted by molar-refractivity contribution is 6.39. The van der Waals surface area contributed by atoms with E-state index in [0.29, 0.717) is 29.4 Å². The summed E-state index contributed by atoms with van der Waals surface area (Å²) in [5.41, 5.74) is 2.68. The zero-order valence-corrected chi connectivity index (χ0v) is 23.9. The molecule has 44 heavy (non-hydrogen) atoms. The second kappa shape index (κ2) is 13.4. The van der Waals surface area contributed by atoms with E-state index < -0.39 is 23.8 Å². The van der Waals surface area contributed by atoms with Gasteiger partial charge < -0.3 is 18.9 Å². The lowest BCUT2D eigenvalue weighted by atomic mass is 10.1. The highest BCUT2D eigenvalue weighted by atomic mass is 16.5. The smallest absolute Gasteiger partial charge is 0.337 e. The molecule has 1 aliphatic heterocycles. The number of hydrogen-bond acceptors (Lipinski definition) is 8. The molecule has 1 aliphatic rings. The lowest BCUT2D eigenvalue weighted by molar-refractivity contribution is -0.122. The summed E-state index contributed by atoms with van der Waals surface area (Å²) in [5, 5.41) is 2.18. The minimum absolute atomic E-state index is 0.190. The SMILES string of the molecule is COC(=O)c1ccc(N2C(=O)NC(=O)/C(=C/c3ccc(OCc4ccc(OCc5ccccc5)c(OC)c4)cc3)C2=O)cc1. The number of amides is 4. The van der Waals surface area contributed by atoms with Crippen LogP contribution >= 0.6 is 0 Å². The van der Waals surface area contributed by atoms with Gasteiger partial charge in [0.15, 0.2) is 11.5 Å². The average molecular weight is 593 g/mol. The maximum absolute atomic E-state index is 13.2. The Balaban J connectivity index is 1.23. The number of imide groups is 2. The minimum Gasteiger partial charge on any atom is -0.493 e. The molecule has 10 nitrogen and oxygen atoms in total. The summed E-state index contributed by atoms with van der Waals surface area (Å²) in [5.74, 6) is -0.389. The van der Waals surface area contributed by atoms with Crippen molar-refractivity contribution in [2.45, 2.75) is 13.2 Å². The number of methoxy groups -OCH3 is 2. The van der Waals surface area contributed by atoms with Crippen molar-refractivity contribution in [1.29, 1.82) is 0 Å². The molecule has 0 aliphatic carbocycles. The maximum Gasteiger partial charge on any atom is 0.337 e. The lowest BCUT2D eigenvalue weighted by Gasteiger charge is -2.26. The predicted molar refractivity (Wildman–Crippen MR) is 161 cm³/mol. The van der Waals surface area contributed by atoms with Gasteiger partial charge in [-0.1, -0.05) is 48.5 Å². The number of nitrogens with zero attached hydrogens (tertiary/aromatic N) is 1. The van der Waals surface area contributed by atoms with E-state index >= 15 is 0 Å². The summed E-state index contributed by atoms with van der Waals surface area (Å²) in [6, 6.07) is 27.0. The molecule has 1 heterocycles. The molecule has 5 rings (SSSR count). The summed E-state index contributed by atoms with van der Waals surface area (Å²) in [7, 11) is 2.83. The van der Waals surface area contributed by atoms with Gasteiger partial charge in [0.25, 0.3) is 11.8 Å². The molecule has 1 fully saturated rings. The van der Waals surface area contributed by atoms with Crippen molar-refractivity contribution in [2.75, 3.05) is 19.1 Å². The van der Waals surface area contributed by atoms with Crippen LogP contribution in [0.5, 0.6) is 17.2 Å². The van der Waals surface area contributed by atoms with Gasteiger partial charge in [-0.05, 0) is 71.3 Å². The van der Waals surface area contributed by atoms with Gasteiger partial charge in [-0.2, -0.15) is 0 Å². The van der Waals surface area contributed by atoms with E-state index in [1.165, 1.54) is 37.5 Å². The normalized spacial score (nSPS) is 13.8. The van der Waals surface area contributed by atoms with Crippen molar-refractivity contribution >= 4 is 35.6 Å². The number of rotatable bonds is 10. The van der Waals surface area contributed by atoms with Gasteiger partial charge in [0, 0.05) is 0 Å². The van der Waals surface area contributed by atoms with Crippen molar-refractivity contribution in [1.82, 2.24) is 5.32 Å². The average Bonchev–Trinajstić information content (AvgIpc) is 3.05. The predicted octanol–water partition coefficient (Wildman–Crippen LogP) is 5.31.